The zero-order chi connectivity index (χ0) is 19.4. The van der Waals surface area contributed by atoms with Gasteiger partial charge in [-0.1, -0.05) is 32.0 Å². The summed E-state index contributed by atoms with van der Waals surface area (Å²) in [4.78, 5) is 24.7. The standard InChI is InChI=1S/C18H23F3N2O3/c1-3-12(2)15(24)22-23-16(25)17(7-9-26-10-8-17)13-5-4-6-14(11-13)18(19,20)21/h4-6,11-12H,3,7-10H2,1-2H3,(H,22,24)(H,23,25)/t12-/m0/s1. The van der Waals surface area contributed by atoms with Crippen LogP contribution in [0.25, 0.3) is 0 Å². The average molecular weight is 372 g/mol. The van der Waals surface area contributed by atoms with Gasteiger partial charge < -0.3 is 4.74 Å². The maximum atomic E-state index is 13.1. The van der Waals surface area contributed by atoms with Crippen LogP contribution in [0.5, 0.6) is 0 Å². The van der Waals surface area contributed by atoms with E-state index in [2.05, 4.69) is 10.9 Å². The average Bonchev–Trinajstić information content (AvgIpc) is 2.65. The lowest BCUT2D eigenvalue weighted by molar-refractivity contribution is -0.138. The Morgan fingerprint density at radius 2 is 1.88 bits per heavy atom. The molecule has 1 aromatic carbocycles. The summed E-state index contributed by atoms with van der Waals surface area (Å²) in [7, 11) is 0. The molecule has 0 saturated carbocycles. The molecule has 1 fully saturated rings. The van der Waals surface area contributed by atoms with Gasteiger partial charge in [-0.3, -0.25) is 20.4 Å². The Morgan fingerprint density at radius 1 is 1.23 bits per heavy atom. The monoisotopic (exact) mass is 372 g/mol. The molecule has 1 aliphatic rings. The van der Waals surface area contributed by atoms with E-state index >= 15 is 0 Å². The highest BCUT2D eigenvalue weighted by atomic mass is 19.4. The molecular formula is C18H23F3N2O3. The number of alkyl halides is 3. The summed E-state index contributed by atoms with van der Waals surface area (Å²) >= 11 is 0. The SMILES string of the molecule is CC[C@H](C)C(=O)NNC(=O)C1(c2cccc(C(F)(F)F)c2)CCOCC1. The molecule has 1 aliphatic heterocycles. The normalized spacial score (nSPS) is 18.0. The van der Waals surface area contributed by atoms with Crippen molar-refractivity contribution in [1.29, 1.82) is 0 Å². The van der Waals surface area contributed by atoms with Crippen molar-refractivity contribution in [2.45, 2.75) is 44.7 Å². The highest BCUT2D eigenvalue weighted by Crippen LogP contribution is 2.38. The summed E-state index contributed by atoms with van der Waals surface area (Å²) in [5, 5.41) is 0. The number of hydrazine groups is 1. The van der Waals surface area contributed by atoms with Crippen molar-refractivity contribution in [3.8, 4) is 0 Å². The van der Waals surface area contributed by atoms with E-state index in [0.29, 0.717) is 6.42 Å². The molecule has 1 aromatic rings. The van der Waals surface area contributed by atoms with Gasteiger partial charge in [0, 0.05) is 19.1 Å². The van der Waals surface area contributed by atoms with Gasteiger partial charge in [-0.05, 0) is 30.9 Å². The number of rotatable bonds is 4. The molecular weight excluding hydrogens is 349 g/mol. The molecule has 2 rings (SSSR count). The highest BCUT2D eigenvalue weighted by Gasteiger charge is 2.43. The summed E-state index contributed by atoms with van der Waals surface area (Å²) in [6, 6.07) is 4.78. The second-order valence-corrected chi connectivity index (χ2v) is 6.53. The van der Waals surface area contributed by atoms with E-state index in [-0.39, 0.29) is 43.4 Å². The lowest BCUT2D eigenvalue weighted by Crippen LogP contribution is -2.54. The van der Waals surface area contributed by atoms with E-state index in [9.17, 15) is 22.8 Å². The molecule has 144 valence electrons. The largest absolute Gasteiger partial charge is 0.416 e. The van der Waals surface area contributed by atoms with Crippen LogP contribution < -0.4 is 10.9 Å². The molecule has 5 nitrogen and oxygen atoms in total. The molecule has 0 spiro atoms. The van der Waals surface area contributed by atoms with Crippen molar-refractivity contribution in [2.24, 2.45) is 5.92 Å². The number of carbonyl (C=O) groups is 2. The van der Waals surface area contributed by atoms with E-state index in [1.807, 2.05) is 6.92 Å². The lowest BCUT2D eigenvalue weighted by Gasteiger charge is -2.36. The molecule has 0 radical (unpaired) electrons. The van der Waals surface area contributed by atoms with Crippen molar-refractivity contribution in [1.82, 2.24) is 10.9 Å². The Bertz CT molecular complexity index is 655. The fourth-order valence-electron chi connectivity index (χ4n) is 2.91. The van der Waals surface area contributed by atoms with Gasteiger partial charge >= 0.3 is 6.18 Å². The van der Waals surface area contributed by atoms with Crippen molar-refractivity contribution in [3.05, 3.63) is 35.4 Å². The molecule has 0 unspecified atom stereocenters. The van der Waals surface area contributed by atoms with Gasteiger partial charge in [0.25, 0.3) is 0 Å². The number of hydrogen-bond donors (Lipinski definition) is 2. The summed E-state index contributed by atoms with van der Waals surface area (Å²) in [5.74, 6) is -1.15. The molecule has 8 heteroatoms. The molecule has 1 heterocycles. The molecule has 0 bridgehead atoms. The summed E-state index contributed by atoms with van der Waals surface area (Å²) in [5.41, 5.74) is 3.04. The van der Waals surface area contributed by atoms with Crippen LogP contribution >= 0.6 is 0 Å². The van der Waals surface area contributed by atoms with E-state index in [4.69, 9.17) is 4.74 Å². The highest BCUT2D eigenvalue weighted by molar-refractivity contribution is 5.90. The van der Waals surface area contributed by atoms with E-state index in [1.165, 1.54) is 12.1 Å². The topological polar surface area (TPSA) is 67.4 Å². The van der Waals surface area contributed by atoms with Gasteiger partial charge in [0.1, 0.15) is 0 Å². The van der Waals surface area contributed by atoms with Crippen LogP contribution in [0, 0.1) is 5.92 Å². The number of halogens is 3. The molecule has 2 amide bonds. The zero-order valence-electron chi connectivity index (χ0n) is 14.8. The molecule has 1 atom stereocenters. The number of ether oxygens (including phenoxy) is 1. The van der Waals surface area contributed by atoms with Crippen LogP contribution in [0.4, 0.5) is 13.2 Å². The summed E-state index contributed by atoms with van der Waals surface area (Å²) in [6.07, 6.45) is -3.42. The first-order chi connectivity index (χ1) is 12.2. The van der Waals surface area contributed by atoms with Crippen LogP contribution in [0.1, 0.15) is 44.2 Å². The Labute approximate surface area is 150 Å². The van der Waals surface area contributed by atoms with Crippen molar-refractivity contribution in [3.63, 3.8) is 0 Å². The quantitative estimate of drug-likeness (QED) is 0.799. The first-order valence-electron chi connectivity index (χ1n) is 8.56. The number of nitrogens with one attached hydrogen (secondary N) is 2. The third kappa shape index (κ3) is 4.35. The van der Waals surface area contributed by atoms with Crippen LogP contribution in [-0.4, -0.2) is 25.0 Å². The Balaban J connectivity index is 2.28. The Morgan fingerprint density at radius 3 is 2.46 bits per heavy atom. The summed E-state index contributed by atoms with van der Waals surface area (Å²) < 4.78 is 44.5. The van der Waals surface area contributed by atoms with Crippen LogP contribution in [0.15, 0.2) is 24.3 Å². The van der Waals surface area contributed by atoms with Gasteiger partial charge in [-0.2, -0.15) is 13.2 Å². The van der Waals surface area contributed by atoms with E-state index in [0.717, 1.165) is 12.1 Å². The van der Waals surface area contributed by atoms with Crippen LogP contribution in [-0.2, 0) is 25.9 Å². The minimum absolute atomic E-state index is 0.235. The second kappa shape index (κ2) is 8.07. The van der Waals surface area contributed by atoms with Gasteiger partial charge in [0.15, 0.2) is 0 Å². The zero-order valence-corrected chi connectivity index (χ0v) is 14.8. The van der Waals surface area contributed by atoms with E-state index < -0.39 is 23.1 Å². The van der Waals surface area contributed by atoms with E-state index in [1.54, 1.807) is 6.92 Å². The predicted molar refractivity (Wildman–Crippen MR) is 88.9 cm³/mol. The predicted octanol–water partition coefficient (Wildman–Crippen LogP) is 2.95. The molecule has 1 saturated heterocycles. The second-order valence-electron chi connectivity index (χ2n) is 6.53. The molecule has 26 heavy (non-hydrogen) atoms. The van der Waals surface area contributed by atoms with Gasteiger partial charge in [0.05, 0.1) is 11.0 Å². The fourth-order valence-corrected chi connectivity index (χ4v) is 2.91. The number of benzene rings is 1. The fraction of sp³-hybridized carbons (Fsp3) is 0.556. The third-order valence-electron chi connectivity index (χ3n) is 4.88. The Hall–Kier alpha value is -2.09. The third-order valence-corrected chi connectivity index (χ3v) is 4.88. The minimum Gasteiger partial charge on any atom is -0.381 e. The molecule has 2 N–H and O–H groups in total. The number of amides is 2. The van der Waals surface area contributed by atoms with Gasteiger partial charge in [0.2, 0.25) is 11.8 Å². The van der Waals surface area contributed by atoms with Gasteiger partial charge in [-0.25, -0.2) is 0 Å². The minimum atomic E-state index is -4.50. The van der Waals surface area contributed by atoms with Crippen molar-refractivity contribution < 1.29 is 27.5 Å². The smallest absolute Gasteiger partial charge is 0.381 e. The maximum absolute atomic E-state index is 13.1. The molecule has 0 aromatic heterocycles. The van der Waals surface area contributed by atoms with Gasteiger partial charge in [-0.15, -0.1) is 0 Å². The summed E-state index contributed by atoms with van der Waals surface area (Å²) in [6.45, 7) is 4.07. The Kier molecular flexibility index (Phi) is 6.28. The lowest BCUT2D eigenvalue weighted by atomic mass is 9.73. The first-order valence-corrected chi connectivity index (χ1v) is 8.56. The maximum Gasteiger partial charge on any atom is 0.416 e. The van der Waals surface area contributed by atoms with Crippen molar-refractivity contribution in [2.75, 3.05) is 13.2 Å². The van der Waals surface area contributed by atoms with Crippen LogP contribution in [0.3, 0.4) is 0 Å². The number of carbonyl (C=O) groups excluding carboxylic acids is 2. The number of hydrogen-bond acceptors (Lipinski definition) is 3. The first kappa shape index (κ1) is 20.2. The van der Waals surface area contributed by atoms with Crippen LogP contribution in [0.2, 0.25) is 0 Å². The molecule has 0 aliphatic carbocycles. The van der Waals surface area contributed by atoms with Crippen molar-refractivity contribution >= 4 is 11.8 Å².